The van der Waals surface area contributed by atoms with E-state index in [0.29, 0.717) is 38.2 Å². The first-order valence-electron chi connectivity index (χ1n) is 8.57. The van der Waals surface area contributed by atoms with Gasteiger partial charge < -0.3 is 8.83 Å². The van der Waals surface area contributed by atoms with Gasteiger partial charge in [-0.3, -0.25) is 4.79 Å². The van der Waals surface area contributed by atoms with E-state index in [1.54, 1.807) is 42.5 Å². The maximum absolute atomic E-state index is 12.6. The van der Waals surface area contributed by atoms with Gasteiger partial charge in [-0.2, -0.15) is 9.50 Å². The van der Waals surface area contributed by atoms with Crippen molar-refractivity contribution in [3.8, 4) is 22.9 Å². The molecule has 0 aliphatic heterocycles. The van der Waals surface area contributed by atoms with Crippen molar-refractivity contribution in [1.29, 1.82) is 0 Å². The lowest BCUT2D eigenvalue weighted by atomic mass is 10.2. The smallest absolute Gasteiger partial charge is 0.291 e. The first kappa shape index (κ1) is 18.5. The average Bonchev–Trinajstić information content (AvgIpc) is 3.48. The average molecular weight is 440 g/mol. The van der Waals surface area contributed by atoms with Crippen LogP contribution in [-0.2, 0) is 10.0 Å². The lowest BCUT2D eigenvalue weighted by Gasteiger charge is -2.00. The second kappa shape index (κ2) is 6.76. The fourth-order valence-corrected chi connectivity index (χ4v) is 4.27. The van der Waals surface area contributed by atoms with Gasteiger partial charge in [-0.1, -0.05) is 11.3 Å². The number of rotatable bonds is 4. The maximum atomic E-state index is 12.6. The number of hydrogen-bond donors (Lipinski definition) is 1. The third-order valence-corrected chi connectivity index (χ3v) is 6.18. The number of aromatic nitrogens is 3. The van der Waals surface area contributed by atoms with Crippen molar-refractivity contribution in [1.82, 2.24) is 14.6 Å². The van der Waals surface area contributed by atoms with Gasteiger partial charge in [0.2, 0.25) is 20.8 Å². The third kappa shape index (κ3) is 3.24. The van der Waals surface area contributed by atoms with Gasteiger partial charge in [0.15, 0.2) is 5.76 Å². The Balaban J connectivity index is 1.48. The van der Waals surface area contributed by atoms with Crippen molar-refractivity contribution < 1.29 is 17.3 Å². The minimum absolute atomic E-state index is 0.0175. The summed E-state index contributed by atoms with van der Waals surface area (Å²) >= 11 is 1.19. The second-order valence-electron chi connectivity index (χ2n) is 6.29. The van der Waals surface area contributed by atoms with Crippen LogP contribution in [0.4, 0.5) is 0 Å². The number of nitrogens with zero attached hydrogens (tertiary/aromatic N) is 3. The molecule has 0 fully saturated rings. The van der Waals surface area contributed by atoms with E-state index in [2.05, 4.69) is 10.1 Å². The molecule has 0 saturated heterocycles. The largest absolute Gasteiger partial charge is 0.461 e. The highest BCUT2D eigenvalue weighted by molar-refractivity contribution is 7.89. The quantitative estimate of drug-likeness (QED) is 0.451. The van der Waals surface area contributed by atoms with Crippen LogP contribution in [0.2, 0.25) is 0 Å². The molecule has 150 valence electrons. The Kier molecular flexibility index (Phi) is 4.17. The summed E-state index contributed by atoms with van der Waals surface area (Å²) in [6.45, 7) is 0. The lowest BCUT2D eigenvalue weighted by molar-refractivity contribution is 0.571. The standard InChI is InChI=1S/C19H12N4O5S2/c20-30(25,26)13-6-3-11(4-7-13)14-8-5-12(28-14)10-16-18(24)23-19(29-16)21-17(22-23)15-2-1-9-27-15/h1-10H,(H2,20,25,26)/b16-10-. The Bertz CT molecular complexity index is 1580. The molecule has 0 unspecified atom stereocenters. The predicted molar refractivity (Wildman–Crippen MR) is 109 cm³/mol. The Morgan fingerprint density at radius 3 is 2.53 bits per heavy atom. The van der Waals surface area contributed by atoms with E-state index in [4.69, 9.17) is 14.0 Å². The molecule has 0 radical (unpaired) electrons. The van der Waals surface area contributed by atoms with Gasteiger partial charge in [0.05, 0.1) is 11.2 Å². The predicted octanol–water partition coefficient (Wildman–Crippen LogP) is 1.87. The lowest BCUT2D eigenvalue weighted by Crippen LogP contribution is -2.23. The van der Waals surface area contributed by atoms with Crippen LogP contribution in [-0.4, -0.2) is 23.0 Å². The third-order valence-electron chi connectivity index (χ3n) is 4.29. The van der Waals surface area contributed by atoms with E-state index in [1.807, 2.05) is 0 Å². The number of fused-ring (bicyclic) bond motifs is 1. The summed E-state index contributed by atoms with van der Waals surface area (Å²) in [5.41, 5.74) is 0.367. The highest BCUT2D eigenvalue weighted by atomic mass is 32.2. The molecule has 0 spiro atoms. The van der Waals surface area contributed by atoms with Crippen LogP contribution >= 0.6 is 11.3 Å². The minimum Gasteiger partial charge on any atom is -0.461 e. The summed E-state index contributed by atoms with van der Waals surface area (Å²) in [5, 5.41) is 9.31. The van der Waals surface area contributed by atoms with E-state index in [1.165, 1.54) is 34.2 Å². The summed E-state index contributed by atoms with van der Waals surface area (Å²) in [5.74, 6) is 1.82. The molecule has 11 heteroatoms. The van der Waals surface area contributed by atoms with Gasteiger partial charge in [0.25, 0.3) is 5.56 Å². The number of thiazole rings is 1. The van der Waals surface area contributed by atoms with Gasteiger partial charge >= 0.3 is 0 Å². The van der Waals surface area contributed by atoms with Gasteiger partial charge in [0, 0.05) is 11.6 Å². The Morgan fingerprint density at radius 2 is 1.87 bits per heavy atom. The molecular formula is C19H12N4O5S2. The van der Waals surface area contributed by atoms with Crippen molar-refractivity contribution in [2.75, 3.05) is 0 Å². The van der Waals surface area contributed by atoms with Crippen LogP contribution in [0.15, 0.2) is 73.3 Å². The molecule has 1 aromatic carbocycles. The molecule has 2 N–H and O–H groups in total. The zero-order valence-electron chi connectivity index (χ0n) is 15.1. The molecule has 9 nitrogen and oxygen atoms in total. The van der Waals surface area contributed by atoms with E-state index in [9.17, 15) is 13.2 Å². The van der Waals surface area contributed by atoms with Crippen molar-refractivity contribution in [2.45, 2.75) is 4.90 Å². The van der Waals surface area contributed by atoms with Gasteiger partial charge in [0.1, 0.15) is 16.1 Å². The fraction of sp³-hybridized carbons (Fsp3) is 0. The fourth-order valence-electron chi connectivity index (χ4n) is 2.87. The van der Waals surface area contributed by atoms with Crippen LogP contribution in [0.25, 0.3) is 33.9 Å². The van der Waals surface area contributed by atoms with Crippen LogP contribution in [0.5, 0.6) is 0 Å². The number of benzene rings is 1. The molecule has 5 rings (SSSR count). The molecule has 0 atom stereocenters. The highest BCUT2D eigenvalue weighted by Crippen LogP contribution is 2.24. The van der Waals surface area contributed by atoms with Gasteiger partial charge in [-0.05, 0) is 48.5 Å². The van der Waals surface area contributed by atoms with E-state index in [0.717, 1.165) is 0 Å². The normalized spacial score (nSPS) is 12.8. The second-order valence-corrected chi connectivity index (χ2v) is 8.86. The zero-order chi connectivity index (χ0) is 20.9. The van der Waals surface area contributed by atoms with Crippen molar-refractivity contribution in [3.63, 3.8) is 0 Å². The highest BCUT2D eigenvalue weighted by Gasteiger charge is 2.14. The minimum atomic E-state index is -3.76. The van der Waals surface area contributed by atoms with E-state index in [-0.39, 0.29) is 10.5 Å². The molecule has 4 aromatic heterocycles. The number of primary sulfonamides is 1. The number of furan rings is 2. The molecular weight excluding hydrogens is 428 g/mol. The van der Waals surface area contributed by atoms with Crippen molar-refractivity contribution in [2.24, 2.45) is 5.14 Å². The number of nitrogens with two attached hydrogens (primary N) is 1. The Labute approximate surface area is 172 Å². The molecule has 0 bridgehead atoms. The number of sulfonamides is 1. The SMILES string of the molecule is NS(=O)(=O)c1ccc(-c2ccc(/C=c3\sc4nc(-c5ccco5)nn4c3=O)o2)cc1. The van der Waals surface area contributed by atoms with Crippen LogP contribution in [0, 0.1) is 0 Å². The summed E-state index contributed by atoms with van der Waals surface area (Å²) in [4.78, 5) is 17.4. The summed E-state index contributed by atoms with van der Waals surface area (Å²) < 4.78 is 35.4. The topological polar surface area (TPSA) is 134 Å². The van der Waals surface area contributed by atoms with Crippen molar-refractivity contribution in [3.05, 3.63) is 75.4 Å². The summed E-state index contributed by atoms with van der Waals surface area (Å²) in [6.07, 6.45) is 3.12. The van der Waals surface area contributed by atoms with Crippen molar-refractivity contribution >= 4 is 32.4 Å². The first-order chi connectivity index (χ1) is 14.4. The maximum Gasteiger partial charge on any atom is 0.291 e. The summed E-state index contributed by atoms with van der Waals surface area (Å²) in [7, 11) is -3.76. The molecule has 30 heavy (non-hydrogen) atoms. The Morgan fingerprint density at radius 1 is 1.07 bits per heavy atom. The van der Waals surface area contributed by atoms with Gasteiger partial charge in [-0.15, -0.1) is 5.10 Å². The van der Waals surface area contributed by atoms with Gasteiger partial charge in [-0.25, -0.2) is 13.6 Å². The summed E-state index contributed by atoms with van der Waals surface area (Å²) in [6, 6.07) is 12.9. The number of hydrogen-bond acceptors (Lipinski definition) is 8. The molecule has 5 aromatic rings. The molecule has 0 amide bonds. The van der Waals surface area contributed by atoms with Crippen LogP contribution in [0.3, 0.4) is 0 Å². The first-order valence-corrected chi connectivity index (χ1v) is 10.9. The van der Waals surface area contributed by atoms with Crippen LogP contribution in [0.1, 0.15) is 5.76 Å². The van der Waals surface area contributed by atoms with E-state index < -0.39 is 10.0 Å². The molecule has 4 heterocycles. The molecule has 0 saturated carbocycles. The molecule has 0 aliphatic rings. The Hall–Kier alpha value is -3.54. The molecule has 0 aliphatic carbocycles. The zero-order valence-corrected chi connectivity index (χ0v) is 16.7. The van der Waals surface area contributed by atoms with E-state index >= 15 is 0 Å². The monoisotopic (exact) mass is 440 g/mol. The van der Waals surface area contributed by atoms with Crippen LogP contribution < -0.4 is 15.2 Å².